The molecule has 1 unspecified atom stereocenters. The van der Waals surface area contributed by atoms with Crippen LogP contribution in [-0.4, -0.2) is 51.2 Å². The maximum absolute atomic E-state index is 13.1. The molecule has 4 aliphatic carbocycles. The minimum Gasteiger partial charge on any atom is -0.356 e. The number of hydrogen-bond acceptors (Lipinski definition) is 6. The van der Waals surface area contributed by atoms with Gasteiger partial charge in [0.2, 0.25) is 5.91 Å². The lowest BCUT2D eigenvalue weighted by molar-refractivity contribution is -0.129. The predicted molar refractivity (Wildman–Crippen MR) is 150 cm³/mol. The molecule has 0 saturated heterocycles. The summed E-state index contributed by atoms with van der Waals surface area (Å²) in [6.07, 6.45) is 12.8. The predicted octanol–water partition coefficient (Wildman–Crippen LogP) is 4.22. The molecular weight excluding hydrogens is 502 g/mol. The zero-order valence-electron chi connectivity index (χ0n) is 23.7. The molecule has 3 saturated carbocycles. The molecule has 4 rings (SSSR count). The number of carbonyl (C=O) groups is 1. The Bertz CT molecular complexity index is 971. The molecule has 0 aromatic carbocycles. The van der Waals surface area contributed by atoms with Gasteiger partial charge in [0, 0.05) is 12.5 Å². The van der Waals surface area contributed by atoms with Crippen molar-refractivity contribution in [3.63, 3.8) is 0 Å². The van der Waals surface area contributed by atoms with Crippen LogP contribution in [0, 0.1) is 40.4 Å². The fourth-order valence-corrected chi connectivity index (χ4v) is 9.54. The number of amides is 1. The molecule has 1 amide bonds. The van der Waals surface area contributed by atoms with E-state index in [0.29, 0.717) is 36.5 Å². The van der Waals surface area contributed by atoms with Crippen LogP contribution in [-0.2, 0) is 19.4 Å². The van der Waals surface area contributed by atoms with Crippen molar-refractivity contribution in [2.45, 2.75) is 97.5 Å². The van der Waals surface area contributed by atoms with E-state index < -0.39 is 16.5 Å². The van der Waals surface area contributed by atoms with Crippen LogP contribution in [0.4, 0.5) is 0 Å². The first-order chi connectivity index (χ1) is 18.0. The van der Waals surface area contributed by atoms with Crippen LogP contribution in [0.25, 0.3) is 0 Å². The minimum atomic E-state index is -4.43. The molecule has 9 heteroatoms. The number of allylic oxidation sites excluding steroid dienone is 1. The maximum Gasteiger partial charge on any atom is 0.397 e. The van der Waals surface area contributed by atoms with Gasteiger partial charge in [-0.25, -0.2) is 4.18 Å². The summed E-state index contributed by atoms with van der Waals surface area (Å²) in [4.78, 5) is 13.1. The minimum absolute atomic E-state index is 0.0253. The maximum atomic E-state index is 13.1. The second kappa shape index (κ2) is 12.2. The zero-order valence-corrected chi connectivity index (χ0v) is 24.5. The Hall–Kier alpha value is -1.00. The van der Waals surface area contributed by atoms with Crippen molar-refractivity contribution in [2.75, 3.05) is 26.2 Å². The lowest BCUT2D eigenvalue weighted by atomic mass is 9.47. The second-order valence-corrected chi connectivity index (χ2v) is 14.1. The lowest BCUT2D eigenvalue weighted by Gasteiger charge is -2.58. The summed E-state index contributed by atoms with van der Waals surface area (Å²) < 4.78 is 36.7. The first-order valence-corrected chi connectivity index (χ1v) is 16.4. The number of nitrogens with two attached hydrogens (primary N) is 1. The Morgan fingerprint density at radius 3 is 2.61 bits per heavy atom. The summed E-state index contributed by atoms with van der Waals surface area (Å²) in [6, 6.07) is 0. The third kappa shape index (κ3) is 6.32. The Labute approximate surface area is 230 Å². The molecule has 0 aliphatic heterocycles. The van der Waals surface area contributed by atoms with Crippen molar-refractivity contribution in [1.82, 2.24) is 10.6 Å². The van der Waals surface area contributed by atoms with E-state index in [0.717, 1.165) is 77.5 Å². The van der Waals surface area contributed by atoms with Gasteiger partial charge in [-0.3, -0.25) is 9.35 Å². The fraction of sp³-hybridized carbons (Fsp3) is 0.897. The van der Waals surface area contributed by atoms with E-state index in [1.165, 1.54) is 12.0 Å². The average molecular weight is 554 g/mol. The first kappa shape index (κ1) is 30.0. The van der Waals surface area contributed by atoms with Crippen molar-refractivity contribution < 1.29 is 21.9 Å². The topological polar surface area (TPSA) is 131 Å². The molecule has 8 nitrogen and oxygen atoms in total. The Morgan fingerprint density at radius 1 is 1.11 bits per heavy atom. The van der Waals surface area contributed by atoms with Gasteiger partial charge < -0.3 is 16.4 Å². The molecule has 0 radical (unpaired) electrons. The van der Waals surface area contributed by atoms with Crippen LogP contribution in [0.15, 0.2) is 11.6 Å². The van der Waals surface area contributed by atoms with Gasteiger partial charge in [-0.1, -0.05) is 32.4 Å². The van der Waals surface area contributed by atoms with Gasteiger partial charge in [-0.05, 0) is 125 Å². The molecule has 4 aliphatic rings. The van der Waals surface area contributed by atoms with Gasteiger partial charge in [0.25, 0.3) is 0 Å². The molecule has 38 heavy (non-hydrogen) atoms. The summed E-state index contributed by atoms with van der Waals surface area (Å²) in [5.41, 5.74) is 7.11. The molecule has 0 aromatic heterocycles. The molecule has 0 bridgehead atoms. The molecule has 5 N–H and O–H groups in total. The van der Waals surface area contributed by atoms with Crippen molar-refractivity contribution >= 4 is 16.3 Å². The quantitative estimate of drug-likeness (QED) is 0.162. The van der Waals surface area contributed by atoms with Gasteiger partial charge in [0.1, 0.15) is 0 Å². The van der Waals surface area contributed by atoms with E-state index in [1.807, 2.05) is 0 Å². The van der Waals surface area contributed by atoms with Crippen LogP contribution in [0.1, 0.15) is 91.4 Å². The van der Waals surface area contributed by atoms with E-state index in [2.05, 4.69) is 37.5 Å². The van der Waals surface area contributed by atoms with Crippen LogP contribution >= 0.6 is 0 Å². The third-order valence-electron chi connectivity index (χ3n) is 11.0. The summed E-state index contributed by atoms with van der Waals surface area (Å²) in [6.45, 7) is 10.3. The smallest absolute Gasteiger partial charge is 0.356 e. The largest absolute Gasteiger partial charge is 0.397 e. The van der Waals surface area contributed by atoms with E-state index >= 15 is 0 Å². The van der Waals surface area contributed by atoms with Gasteiger partial charge in [0.05, 0.1) is 6.10 Å². The molecule has 218 valence electrons. The van der Waals surface area contributed by atoms with Crippen molar-refractivity contribution in [1.29, 1.82) is 0 Å². The number of fused-ring (bicyclic) bond motifs is 5. The summed E-state index contributed by atoms with van der Waals surface area (Å²) >= 11 is 0. The number of rotatable bonds is 12. The number of carbonyl (C=O) groups excluding carboxylic acids is 1. The molecule has 0 heterocycles. The third-order valence-corrected chi connectivity index (χ3v) is 11.6. The summed E-state index contributed by atoms with van der Waals surface area (Å²) in [5, 5.41) is 6.64. The second-order valence-electron chi connectivity index (χ2n) is 13.1. The average Bonchev–Trinajstić information content (AvgIpc) is 3.21. The monoisotopic (exact) mass is 553 g/mol. The first-order valence-electron chi connectivity index (χ1n) is 15.0. The standard InChI is InChI=1S/C29H51N3O5S/c1-20(27(33)32-18-6-17-31-16-5-4-15-30)24-9-10-25-23-8-7-21-19-22(37-38(34,35)36)11-13-28(21,2)26(23)12-14-29(24,25)3/h7,20,22-26,31H,4-6,8-19,30H2,1-3H3,(H,32,33)(H,34,35,36)/t20?,22-,23-,24+,25-,26-,28-,29+/m0/s1. The highest BCUT2D eigenvalue weighted by Crippen LogP contribution is 2.67. The normalized spacial score (nSPS) is 37.5. The van der Waals surface area contributed by atoms with Crippen molar-refractivity contribution in [3.8, 4) is 0 Å². The highest BCUT2D eigenvalue weighted by molar-refractivity contribution is 7.80. The highest BCUT2D eigenvalue weighted by atomic mass is 32.3. The Morgan fingerprint density at radius 2 is 1.87 bits per heavy atom. The fourth-order valence-electron chi connectivity index (χ4n) is 9.03. The van der Waals surface area contributed by atoms with E-state index in [1.54, 1.807) is 0 Å². The van der Waals surface area contributed by atoms with Crippen molar-refractivity contribution in [2.24, 2.45) is 46.2 Å². The number of hydrogen-bond donors (Lipinski definition) is 4. The van der Waals surface area contributed by atoms with E-state index in [9.17, 15) is 13.2 Å². The van der Waals surface area contributed by atoms with Crippen molar-refractivity contribution in [3.05, 3.63) is 11.6 Å². The Balaban J connectivity index is 1.33. The number of nitrogens with one attached hydrogen (secondary N) is 2. The molecule has 8 atom stereocenters. The van der Waals surface area contributed by atoms with Gasteiger partial charge in [-0.15, -0.1) is 0 Å². The Kier molecular flexibility index (Phi) is 9.66. The van der Waals surface area contributed by atoms with Crippen LogP contribution in [0.3, 0.4) is 0 Å². The van der Waals surface area contributed by atoms with Crippen LogP contribution < -0.4 is 16.4 Å². The van der Waals surface area contributed by atoms with E-state index in [4.69, 9.17) is 14.5 Å². The van der Waals surface area contributed by atoms with Gasteiger partial charge in [0.15, 0.2) is 0 Å². The molecule has 3 fully saturated rings. The zero-order chi connectivity index (χ0) is 27.6. The number of unbranched alkanes of at least 4 members (excludes halogenated alkanes) is 1. The van der Waals surface area contributed by atoms with Gasteiger partial charge >= 0.3 is 10.4 Å². The molecular formula is C29H51N3O5S. The molecule has 0 spiro atoms. The van der Waals surface area contributed by atoms with Gasteiger partial charge in [-0.2, -0.15) is 8.42 Å². The highest BCUT2D eigenvalue weighted by Gasteiger charge is 2.59. The SMILES string of the molecule is CC(C(=O)NCCCNCCCCN)[C@H]1CC[C@H]2[C@@H]3CC=C4C[C@@H](OS(=O)(=O)O)CC[C@]4(C)[C@H]3CC[C@]12C. The lowest BCUT2D eigenvalue weighted by Crippen LogP contribution is -2.51. The summed E-state index contributed by atoms with van der Waals surface area (Å²) in [5.74, 6) is 2.48. The summed E-state index contributed by atoms with van der Waals surface area (Å²) in [7, 11) is -4.43. The van der Waals surface area contributed by atoms with Crippen LogP contribution in [0.5, 0.6) is 0 Å². The van der Waals surface area contributed by atoms with E-state index in [-0.39, 0.29) is 22.7 Å². The van der Waals surface area contributed by atoms with Crippen LogP contribution in [0.2, 0.25) is 0 Å². The molecule has 0 aromatic rings.